The van der Waals surface area contributed by atoms with Crippen LogP contribution in [0.3, 0.4) is 0 Å². The van der Waals surface area contributed by atoms with Gasteiger partial charge in [-0.25, -0.2) is 0 Å². The number of fused-ring (bicyclic) bond motifs is 2. The lowest BCUT2D eigenvalue weighted by molar-refractivity contribution is -0.129. The molecule has 21 heavy (non-hydrogen) atoms. The minimum Gasteiger partial charge on any atom is -0.340 e. The molecule has 2 aromatic carbocycles. The largest absolute Gasteiger partial charge is 0.340 e. The van der Waals surface area contributed by atoms with Gasteiger partial charge in [0.05, 0.1) is 6.42 Å². The molecule has 108 valence electrons. The molecule has 2 saturated heterocycles. The Labute approximate surface area is 124 Å². The van der Waals surface area contributed by atoms with E-state index in [-0.39, 0.29) is 5.91 Å². The quantitative estimate of drug-likeness (QED) is 0.914. The summed E-state index contributed by atoms with van der Waals surface area (Å²) in [5, 5.41) is 5.91. The molecular weight excluding hydrogens is 260 g/mol. The molecule has 2 aromatic rings. The highest BCUT2D eigenvalue weighted by molar-refractivity contribution is 5.90. The van der Waals surface area contributed by atoms with E-state index in [2.05, 4.69) is 29.6 Å². The lowest BCUT2D eigenvalue weighted by Crippen LogP contribution is -2.34. The fourth-order valence-corrected chi connectivity index (χ4v) is 3.77. The summed E-state index contributed by atoms with van der Waals surface area (Å²) in [5.74, 6) is 0.934. The lowest BCUT2D eigenvalue weighted by atomic mass is 10.0. The van der Waals surface area contributed by atoms with Crippen molar-refractivity contribution in [3.63, 3.8) is 0 Å². The van der Waals surface area contributed by atoms with Crippen LogP contribution in [-0.4, -0.2) is 36.5 Å². The van der Waals surface area contributed by atoms with Gasteiger partial charge in [0, 0.05) is 19.1 Å². The maximum Gasteiger partial charge on any atom is 0.227 e. The molecule has 2 aliphatic rings. The second kappa shape index (κ2) is 5.15. The van der Waals surface area contributed by atoms with E-state index in [9.17, 15) is 4.79 Å². The highest BCUT2D eigenvalue weighted by Gasteiger charge is 2.37. The van der Waals surface area contributed by atoms with Crippen molar-refractivity contribution >= 4 is 16.7 Å². The first-order valence-electron chi connectivity index (χ1n) is 7.79. The average molecular weight is 280 g/mol. The minimum atomic E-state index is 0.266. The molecule has 3 heteroatoms. The Balaban J connectivity index is 1.54. The van der Waals surface area contributed by atoms with Gasteiger partial charge in [0.2, 0.25) is 5.91 Å². The van der Waals surface area contributed by atoms with Crippen molar-refractivity contribution in [3.05, 3.63) is 48.0 Å². The summed E-state index contributed by atoms with van der Waals surface area (Å²) in [5.41, 5.74) is 1.14. The molecule has 0 bridgehead atoms. The molecular formula is C18H20N2O. The van der Waals surface area contributed by atoms with Gasteiger partial charge in [0.25, 0.3) is 0 Å². The van der Waals surface area contributed by atoms with E-state index >= 15 is 0 Å². The smallest absolute Gasteiger partial charge is 0.227 e. The van der Waals surface area contributed by atoms with Gasteiger partial charge in [0.1, 0.15) is 0 Å². The van der Waals surface area contributed by atoms with Crippen LogP contribution < -0.4 is 5.32 Å². The molecule has 0 unspecified atom stereocenters. The number of likely N-dealkylation sites (tertiary alicyclic amines) is 1. The van der Waals surface area contributed by atoms with Crippen molar-refractivity contribution in [2.24, 2.45) is 5.92 Å². The van der Waals surface area contributed by atoms with Crippen LogP contribution in [0.15, 0.2) is 42.5 Å². The standard InChI is InChI=1S/C18H20N2O/c21-18(20-11-15-8-9-19-17(15)12-20)10-14-6-3-5-13-4-1-2-7-16(13)14/h1-7,15,17,19H,8-12H2/t15-,17+/m0/s1. The van der Waals surface area contributed by atoms with Crippen LogP contribution in [0.5, 0.6) is 0 Å². The van der Waals surface area contributed by atoms with Crippen molar-refractivity contribution in [2.75, 3.05) is 19.6 Å². The monoisotopic (exact) mass is 280 g/mol. The van der Waals surface area contributed by atoms with Gasteiger partial charge in [-0.2, -0.15) is 0 Å². The number of carbonyl (C=O) groups excluding carboxylic acids is 1. The number of amides is 1. The molecule has 0 spiro atoms. The third-order valence-corrected chi connectivity index (χ3v) is 4.94. The highest BCUT2D eigenvalue weighted by atomic mass is 16.2. The number of hydrogen-bond donors (Lipinski definition) is 1. The summed E-state index contributed by atoms with van der Waals surface area (Å²) in [6.07, 6.45) is 1.73. The van der Waals surface area contributed by atoms with Crippen LogP contribution in [0, 0.1) is 5.92 Å². The highest BCUT2D eigenvalue weighted by Crippen LogP contribution is 2.26. The summed E-state index contributed by atoms with van der Waals surface area (Å²) in [4.78, 5) is 14.6. The maximum absolute atomic E-state index is 12.6. The Morgan fingerprint density at radius 1 is 1.14 bits per heavy atom. The topological polar surface area (TPSA) is 32.3 Å². The molecule has 0 aliphatic carbocycles. The predicted molar refractivity (Wildman–Crippen MR) is 84.1 cm³/mol. The van der Waals surface area contributed by atoms with Crippen LogP contribution in [0.2, 0.25) is 0 Å². The number of nitrogens with zero attached hydrogens (tertiary/aromatic N) is 1. The maximum atomic E-state index is 12.6. The van der Waals surface area contributed by atoms with E-state index in [4.69, 9.17) is 0 Å². The molecule has 0 radical (unpaired) electrons. The molecule has 2 aliphatic heterocycles. The summed E-state index contributed by atoms with van der Waals surface area (Å²) in [6, 6.07) is 15.1. The molecule has 2 heterocycles. The van der Waals surface area contributed by atoms with Crippen LogP contribution in [0.4, 0.5) is 0 Å². The third-order valence-electron chi connectivity index (χ3n) is 4.94. The van der Waals surface area contributed by atoms with Gasteiger partial charge in [0.15, 0.2) is 0 Å². The van der Waals surface area contributed by atoms with Gasteiger partial charge in [-0.3, -0.25) is 4.79 Å². The van der Waals surface area contributed by atoms with Crippen LogP contribution in [0.1, 0.15) is 12.0 Å². The van der Waals surface area contributed by atoms with Gasteiger partial charge in [-0.05, 0) is 35.2 Å². The molecule has 0 aromatic heterocycles. The number of hydrogen-bond acceptors (Lipinski definition) is 2. The Morgan fingerprint density at radius 2 is 2.00 bits per heavy atom. The lowest BCUT2D eigenvalue weighted by Gasteiger charge is -2.18. The summed E-state index contributed by atoms with van der Waals surface area (Å²) >= 11 is 0. The van der Waals surface area contributed by atoms with E-state index in [1.807, 2.05) is 23.1 Å². The molecule has 1 amide bonds. The third kappa shape index (κ3) is 2.32. The van der Waals surface area contributed by atoms with Crippen molar-refractivity contribution in [1.29, 1.82) is 0 Å². The van der Waals surface area contributed by atoms with Gasteiger partial charge >= 0.3 is 0 Å². The van der Waals surface area contributed by atoms with Crippen molar-refractivity contribution in [1.82, 2.24) is 10.2 Å². The van der Waals surface area contributed by atoms with E-state index in [0.29, 0.717) is 18.4 Å². The predicted octanol–water partition coefficient (Wildman–Crippen LogP) is 2.20. The SMILES string of the molecule is O=C(Cc1cccc2ccccc12)N1C[C@@H]2CCN[C@@H]2C1. The molecule has 0 saturated carbocycles. The van der Waals surface area contributed by atoms with E-state index in [1.54, 1.807) is 0 Å². The number of benzene rings is 2. The van der Waals surface area contributed by atoms with Crippen molar-refractivity contribution in [2.45, 2.75) is 18.9 Å². The molecule has 4 rings (SSSR count). The van der Waals surface area contributed by atoms with Gasteiger partial charge in [-0.15, -0.1) is 0 Å². The van der Waals surface area contributed by atoms with E-state index in [1.165, 1.54) is 17.2 Å². The molecule has 2 atom stereocenters. The fourth-order valence-electron chi connectivity index (χ4n) is 3.77. The normalized spacial score (nSPS) is 24.5. The Bertz CT molecular complexity index is 664. The van der Waals surface area contributed by atoms with Crippen LogP contribution in [-0.2, 0) is 11.2 Å². The second-order valence-electron chi connectivity index (χ2n) is 6.22. The Hall–Kier alpha value is -1.87. The minimum absolute atomic E-state index is 0.266. The first-order chi connectivity index (χ1) is 10.3. The first-order valence-corrected chi connectivity index (χ1v) is 7.79. The number of rotatable bonds is 2. The second-order valence-corrected chi connectivity index (χ2v) is 6.22. The van der Waals surface area contributed by atoms with Crippen molar-refractivity contribution in [3.8, 4) is 0 Å². The summed E-state index contributed by atoms with van der Waals surface area (Å²) in [6.45, 7) is 2.93. The molecule has 2 fully saturated rings. The Kier molecular flexibility index (Phi) is 3.15. The summed E-state index contributed by atoms with van der Waals surface area (Å²) in [7, 11) is 0. The van der Waals surface area contributed by atoms with Gasteiger partial charge in [-0.1, -0.05) is 42.5 Å². The zero-order valence-corrected chi connectivity index (χ0v) is 12.1. The van der Waals surface area contributed by atoms with Crippen LogP contribution >= 0.6 is 0 Å². The molecule has 1 N–H and O–H groups in total. The van der Waals surface area contributed by atoms with E-state index < -0.39 is 0 Å². The first kappa shape index (κ1) is 12.8. The zero-order chi connectivity index (χ0) is 14.2. The summed E-state index contributed by atoms with van der Waals surface area (Å²) < 4.78 is 0. The average Bonchev–Trinajstić information content (AvgIpc) is 3.09. The Morgan fingerprint density at radius 3 is 2.90 bits per heavy atom. The van der Waals surface area contributed by atoms with Crippen molar-refractivity contribution < 1.29 is 4.79 Å². The number of carbonyl (C=O) groups is 1. The fraction of sp³-hybridized carbons (Fsp3) is 0.389. The van der Waals surface area contributed by atoms with E-state index in [0.717, 1.165) is 25.2 Å². The van der Waals surface area contributed by atoms with Crippen LogP contribution in [0.25, 0.3) is 10.8 Å². The van der Waals surface area contributed by atoms with Gasteiger partial charge < -0.3 is 10.2 Å². The molecule has 3 nitrogen and oxygen atoms in total. The zero-order valence-electron chi connectivity index (χ0n) is 12.1. The number of nitrogens with one attached hydrogen (secondary N) is 1.